The van der Waals surface area contributed by atoms with Crippen LogP contribution in [-0.2, 0) is 25.0 Å². The van der Waals surface area contributed by atoms with E-state index in [4.69, 9.17) is 10.2 Å². The van der Waals surface area contributed by atoms with Gasteiger partial charge in [0.05, 0.1) is 24.0 Å². The number of primary amides is 1. The van der Waals surface area contributed by atoms with Crippen molar-refractivity contribution >= 4 is 5.91 Å². The minimum Gasteiger partial charge on any atom is -0.455 e. The third-order valence-corrected chi connectivity index (χ3v) is 4.45. The Balaban J connectivity index is 1.82. The van der Waals surface area contributed by atoms with Gasteiger partial charge in [0.25, 0.3) is 5.91 Å². The van der Waals surface area contributed by atoms with Gasteiger partial charge in [-0.25, -0.2) is 0 Å². The zero-order valence-corrected chi connectivity index (χ0v) is 15.2. The van der Waals surface area contributed by atoms with Crippen LogP contribution in [0.1, 0.15) is 67.1 Å². The second-order valence-electron chi connectivity index (χ2n) is 7.75. The largest absolute Gasteiger partial charge is 0.455 e. The van der Waals surface area contributed by atoms with Gasteiger partial charge in [-0.1, -0.05) is 20.8 Å². The van der Waals surface area contributed by atoms with Gasteiger partial charge in [-0.2, -0.15) is 5.10 Å². The lowest BCUT2D eigenvalue weighted by atomic mass is 9.90. The monoisotopic (exact) mass is 346 g/mol. The van der Waals surface area contributed by atoms with Gasteiger partial charge in [0.15, 0.2) is 5.76 Å². The van der Waals surface area contributed by atoms with Crippen molar-refractivity contribution in [1.29, 1.82) is 0 Å². The number of aliphatic hydroxyl groups excluding tert-OH is 1. The molecule has 1 atom stereocenters. The molecule has 7 heteroatoms. The molecular weight excluding hydrogens is 320 g/mol. The molecule has 0 aliphatic carbocycles. The molecule has 0 radical (unpaired) electrons. The summed E-state index contributed by atoms with van der Waals surface area (Å²) in [5.74, 6) is 0.457. The van der Waals surface area contributed by atoms with E-state index < -0.39 is 12.0 Å². The van der Waals surface area contributed by atoms with E-state index in [0.717, 1.165) is 36.7 Å². The maximum Gasteiger partial charge on any atom is 0.284 e. The highest BCUT2D eigenvalue weighted by molar-refractivity contribution is 5.90. The Hall–Kier alpha value is -2.12. The molecule has 0 saturated heterocycles. The predicted molar refractivity (Wildman–Crippen MR) is 92.9 cm³/mol. The van der Waals surface area contributed by atoms with Crippen molar-refractivity contribution in [3.63, 3.8) is 0 Å². The van der Waals surface area contributed by atoms with Gasteiger partial charge in [0.2, 0.25) is 0 Å². The molecule has 136 valence electrons. The lowest BCUT2D eigenvalue weighted by Gasteiger charge is -2.28. The molecule has 3 heterocycles. The van der Waals surface area contributed by atoms with Crippen LogP contribution in [0.25, 0.3) is 0 Å². The number of nitrogens with zero attached hydrogens (tertiary/aromatic N) is 3. The second-order valence-corrected chi connectivity index (χ2v) is 7.75. The molecule has 1 aliphatic heterocycles. The number of furan rings is 1. The Morgan fingerprint density at radius 3 is 2.72 bits per heavy atom. The third kappa shape index (κ3) is 3.62. The Labute approximate surface area is 147 Å². The van der Waals surface area contributed by atoms with Crippen LogP contribution in [0.4, 0.5) is 0 Å². The highest BCUT2D eigenvalue weighted by Crippen LogP contribution is 2.30. The van der Waals surface area contributed by atoms with E-state index in [1.165, 1.54) is 0 Å². The molecule has 1 unspecified atom stereocenters. The van der Waals surface area contributed by atoms with E-state index in [9.17, 15) is 9.90 Å². The van der Waals surface area contributed by atoms with Gasteiger partial charge in [0.1, 0.15) is 5.76 Å². The number of hydrogen-bond acceptors (Lipinski definition) is 5. The first kappa shape index (κ1) is 17.7. The number of amides is 1. The molecular formula is C18H26N4O3. The van der Waals surface area contributed by atoms with Crippen LogP contribution in [-0.4, -0.2) is 32.2 Å². The fourth-order valence-corrected chi connectivity index (χ4v) is 3.23. The topological polar surface area (TPSA) is 97.5 Å². The molecule has 25 heavy (non-hydrogen) atoms. The van der Waals surface area contributed by atoms with Crippen molar-refractivity contribution in [2.45, 2.75) is 58.8 Å². The molecule has 3 N–H and O–H groups in total. The van der Waals surface area contributed by atoms with Gasteiger partial charge in [-0.3, -0.25) is 14.4 Å². The first-order valence-corrected chi connectivity index (χ1v) is 8.55. The van der Waals surface area contributed by atoms with Crippen LogP contribution in [0.15, 0.2) is 16.5 Å². The van der Waals surface area contributed by atoms with Crippen molar-refractivity contribution in [1.82, 2.24) is 14.7 Å². The van der Waals surface area contributed by atoms with Crippen LogP contribution in [0, 0.1) is 0 Å². The molecule has 2 aromatic rings. The average Bonchev–Trinajstić information content (AvgIpc) is 3.10. The quantitative estimate of drug-likeness (QED) is 0.882. The Bertz CT molecular complexity index is 783. The van der Waals surface area contributed by atoms with Crippen LogP contribution in [0.5, 0.6) is 0 Å². The Morgan fingerprint density at radius 2 is 2.12 bits per heavy atom. The lowest BCUT2D eigenvalue weighted by molar-refractivity contribution is 0.0970. The maximum absolute atomic E-state index is 11.5. The molecule has 0 bridgehead atoms. The van der Waals surface area contributed by atoms with Crippen LogP contribution < -0.4 is 5.73 Å². The minimum atomic E-state index is -0.564. The summed E-state index contributed by atoms with van der Waals surface area (Å²) >= 11 is 0. The van der Waals surface area contributed by atoms with Crippen molar-refractivity contribution in [2.75, 3.05) is 6.54 Å². The number of rotatable bonds is 4. The Morgan fingerprint density at radius 1 is 1.40 bits per heavy atom. The average molecular weight is 346 g/mol. The molecule has 7 nitrogen and oxygen atoms in total. The summed E-state index contributed by atoms with van der Waals surface area (Å²) in [5.41, 5.74) is 7.95. The predicted octanol–water partition coefficient (Wildman–Crippen LogP) is 1.94. The molecule has 0 spiro atoms. The smallest absolute Gasteiger partial charge is 0.284 e. The van der Waals surface area contributed by atoms with E-state index in [0.29, 0.717) is 12.2 Å². The van der Waals surface area contributed by atoms with Gasteiger partial charge in [-0.05, 0) is 19.1 Å². The van der Waals surface area contributed by atoms with Crippen LogP contribution in [0.3, 0.4) is 0 Å². The number of aliphatic hydroxyl groups is 1. The standard InChI is InChI=1S/C18H26N4O3/c1-11(23)14-8-13-10-21(5-6-22(13)20-14)9-12-7-15(17(19)24)25-16(12)18(2,3)4/h7-8,11,23H,5-6,9-10H2,1-4H3,(H2,19,24). The summed E-state index contributed by atoms with van der Waals surface area (Å²) in [6.07, 6.45) is -0.564. The number of carbonyl (C=O) groups excluding carboxylic acids is 1. The first-order valence-electron chi connectivity index (χ1n) is 8.55. The molecule has 0 saturated carbocycles. The van der Waals surface area contributed by atoms with E-state index in [2.05, 4.69) is 30.8 Å². The van der Waals surface area contributed by atoms with Crippen LogP contribution >= 0.6 is 0 Å². The van der Waals surface area contributed by atoms with Crippen LogP contribution in [0.2, 0.25) is 0 Å². The second kappa shape index (κ2) is 6.31. The number of carbonyl (C=O) groups is 1. The summed E-state index contributed by atoms with van der Waals surface area (Å²) < 4.78 is 7.69. The maximum atomic E-state index is 11.5. The summed E-state index contributed by atoms with van der Waals surface area (Å²) in [4.78, 5) is 13.8. The number of hydrogen-bond donors (Lipinski definition) is 2. The molecule has 1 aliphatic rings. The van der Waals surface area contributed by atoms with Crippen molar-refractivity contribution in [3.8, 4) is 0 Å². The number of fused-ring (bicyclic) bond motifs is 1. The normalized spacial score (nSPS) is 16.7. The molecule has 1 amide bonds. The third-order valence-electron chi connectivity index (χ3n) is 4.45. The van der Waals surface area contributed by atoms with E-state index in [-0.39, 0.29) is 11.2 Å². The number of aromatic nitrogens is 2. The minimum absolute atomic E-state index is 0.207. The number of nitrogens with two attached hydrogens (primary N) is 1. The van der Waals surface area contributed by atoms with Gasteiger partial charge >= 0.3 is 0 Å². The molecule has 0 fully saturated rings. The Kier molecular flexibility index (Phi) is 4.47. The first-order chi connectivity index (χ1) is 11.6. The molecule has 2 aromatic heterocycles. The lowest BCUT2D eigenvalue weighted by Crippen LogP contribution is -2.33. The van der Waals surface area contributed by atoms with Crippen molar-refractivity contribution < 1.29 is 14.3 Å². The fraction of sp³-hybridized carbons (Fsp3) is 0.556. The fourth-order valence-electron chi connectivity index (χ4n) is 3.23. The van der Waals surface area contributed by atoms with E-state index in [1.54, 1.807) is 13.0 Å². The highest BCUT2D eigenvalue weighted by Gasteiger charge is 2.27. The van der Waals surface area contributed by atoms with Gasteiger partial charge < -0.3 is 15.3 Å². The van der Waals surface area contributed by atoms with E-state index >= 15 is 0 Å². The van der Waals surface area contributed by atoms with Crippen molar-refractivity contribution in [2.24, 2.45) is 5.73 Å². The highest BCUT2D eigenvalue weighted by atomic mass is 16.4. The summed E-state index contributed by atoms with van der Waals surface area (Å²) in [7, 11) is 0. The van der Waals surface area contributed by atoms with Crippen molar-refractivity contribution in [3.05, 3.63) is 40.6 Å². The molecule has 3 rings (SSSR count). The molecule has 0 aromatic carbocycles. The van der Waals surface area contributed by atoms with Gasteiger partial charge in [0, 0.05) is 30.6 Å². The zero-order valence-electron chi connectivity index (χ0n) is 15.2. The summed E-state index contributed by atoms with van der Waals surface area (Å²) in [6.45, 7) is 10.9. The van der Waals surface area contributed by atoms with E-state index in [1.807, 2.05) is 10.7 Å². The zero-order chi connectivity index (χ0) is 18.4. The SMILES string of the molecule is CC(O)c1cc2n(n1)CCN(Cc1cc(C(N)=O)oc1C(C)(C)C)C2. The van der Waals surface area contributed by atoms with Gasteiger partial charge in [-0.15, -0.1) is 0 Å². The summed E-state index contributed by atoms with van der Waals surface area (Å²) in [6, 6.07) is 3.71. The summed E-state index contributed by atoms with van der Waals surface area (Å²) in [5, 5.41) is 14.1.